The zero-order chi connectivity index (χ0) is 9.97. The fourth-order valence-corrected chi connectivity index (χ4v) is 3.25. The molecule has 0 spiro atoms. The van der Waals surface area contributed by atoms with E-state index in [9.17, 15) is 0 Å². The normalized spacial score (nSPS) is 27.0. The van der Waals surface area contributed by atoms with Gasteiger partial charge in [-0.3, -0.25) is 0 Å². The molecule has 2 atom stereocenters. The van der Waals surface area contributed by atoms with Gasteiger partial charge in [-0.1, -0.05) is 6.42 Å². The summed E-state index contributed by atoms with van der Waals surface area (Å²) in [5, 5.41) is 6.88. The summed E-state index contributed by atoms with van der Waals surface area (Å²) in [4.78, 5) is 4.53. The van der Waals surface area contributed by atoms with E-state index in [4.69, 9.17) is 0 Å². The first-order chi connectivity index (χ1) is 6.79. The average Bonchev–Trinajstić information content (AvgIpc) is 2.76. The predicted octanol–water partition coefficient (Wildman–Crippen LogP) is 2.38. The Morgan fingerprint density at radius 2 is 2.43 bits per heavy atom. The number of aryl methyl sites for hydroxylation is 1. The first-order valence-corrected chi connectivity index (χ1v) is 6.26. The molecule has 0 radical (unpaired) electrons. The second kappa shape index (κ2) is 4.41. The van der Waals surface area contributed by atoms with Crippen molar-refractivity contribution in [3.8, 4) is 0 Å². The van der Waals surface area contributed by atoms with Crippen LogP contribution in [0.3, 0.4) is 0 Å². The molecule has 14 heavy (non-hydrogen) atoms. The second-order valence-electron chi connectivity index (χ2n) is 4.17. The van der Waals surface area contributed by atoms with Crippen LogP contribution >= 0.6 is 11.3 Å². The first-order valence-electron chi connectivity index (χ1n) is 5.38. The molecule has 2 unspecified atom stereocenters. The molecule has 2 rings (SSSR count). The van der Waals surface area contributed by atoms with Gasteiger partial charge in [-0.05, 0) is 32.7 Å². The van der Waals surface area contributed by atoms with E-state index in [2.05, 4.69) is 29.7 Å². The van der Waals surface area contributed by atoms with Gasteiger partial charge in [0.25, 0.3) is 0 Å². The molecule has 0 aromatic carbocycles. The first kappa shape index (κ1) is 10.1. The van der Waals surface area contributed by atoms with Gasteiger partial charge in [0.1, 0.15) is 0 Å². The second-order valence-corrected chi connectivity index (χ2v) is 5.12. The van der Waals surface area contributed by atoms with Gasteiger partial charge in [-0.15, -0.1) is 11.3 Å². The molecule has 1 aromatic rings. The third kappa shape index (κ3) is 2.15. The molecule has 0 bridgehead atoms. The van der Waals surface area contributed by atoms with Gasteiger partial charge in [0.15, 0.2) is 0 Å². The van der Waals surface area contributed by atoms with Crippen LogP contribution in [-0.4, -0.2) is 18.1 Å². The molecule has 2 nitrogen and oxygen atoms in total. The SMILES string of the molecule is CNC1CCCC1Cc1nc(C)cs1. The summed E-state index contributed by atoms with van der Waals surface area (Å²) >= 11 is 1.81. The lowest BCUT2D eigenvalue weighted by atomic mass is 10.0. The Kier molecular flexibility index (Phi) is 3.19. The molecule has 3 heteroatoms. The lowest BCUT2D eigenvalue weighted by molar-refractivity contribution is 0.423. The fraction of sp³-hybridized carbons (Fsp3) is 0.727. The van der Waals surface area contributed by atoms with Gasteiger partial charge >= 0.3 is 0 Å². The smallest absolute Gasteiger partial charge is 0.0931 e. The van der Waals surface area contributed by atoms with Crippen molar-refractivity contribution >= 4 is 11.3 Å². The fourth-order valence-electron chi connectivity index (χ4n) is 2.38. The van der Waals surface area contributed by atoms with Gasteiger partial charge in [-0.25, -0.2) is 4.98 Å². The molecule has 1 N–H and O–H groups in total. The number of hydrogen-bond acceptors (Lipinski definition) is 3. The third-order valence-corrected chi connectivity index (χ3v) is 4.12. The monoisotopic (exact) mass is 210 g/mol. The van der Waals surface area contributed by atoms with E-state index in [0.717, 1.165) is 12.0 Å². The minimum Gasteiger partial charge on any atom is -0.317 e. The number of aromatic nitrogens is 1. The van der Waals surface area contributed by atoms with Crippen LogP contribution in [0.15, 0.2) is 5.38 Å². The minimum atomic E-state index is 0.721. The van der Waals surface area contributed by atoms with Crippen molar-refractivity contribution in [3.05, 3.63) is 16.1 Å². The van der Waals surface area contributed by atoms with Gasteiger partial charge in [0.05, 0.1) is 5.01 Å². The largest absolute Gasteiger partial charge is 0.317 e. The maximum absolute atomic E-state index is 4.53. The van der Waals surface area contributed by atoms with Gasteiger partial charge in [0.2, 0.25) is 0 Å². The summed E-state index contributed by atoms with van der Waals surface area (Å²) in [5.41, 5.74) is 1.17. The Morgan fingerprint density at radius 1 is 1.57 bits per heavy atom. The molecular weight excluding hydrogens is 192 g/mol. The summed E-state index contributed by atoms with van der Waals surface area (Å²) in [6.45, 7) is 2.07. The van der Waals surface area contributed by atoms with Crippen molar-refractivity contribution in [2.45, 2.75) is 38.6 Å². The number of thiazole rings is 1. The molecule has 1 saturated carbocycles. The van der Waals surface area contributed by atoms with Crippen LogP contribution in [0.2, 0.25) is 0 Å². The Labute approximate surface area is 89.8 Å². The van der Waals surface area contributed by atoms with E-state index >= 15 is 0 Å². The zero-order valence-electron chi connectivity index (χ0n) is 8.92. The van der Waals surface area contributed by atoms with Crippen LogP contribution in [0.5, 0.6) is 0 Å². The van der Waals surface area contributed by atoms with Crippen molar-refractivity contribution in [1.29, 1.82) is 0 Å². The molecule has 0 aliphatic heterocycles. The maximum Gasteiger partial charge on any atom is 0.0931 e. The molecule has 1 aliphatic carbocycles. The highest BCUT2D eigenvalue weighted by molar-refractivity contribution is 7.09. The summed E-state index contributed by atoms with van der Waals surface area (Å²) in [6, 6.07) is 0.721. The number of nitrogens with one attached hydrogen (secondary N) is 1. The molecule has 0 saturated heterocycles. The quantitative estimate of drug-likeness (QED) is 0.828. The molecule has 1 aromatic heterocycles. The van der Waals surface area contributed by atoms with E-state index in [1.165, 1.54) is 36.4 Å². The van der Waals surface area contributed by atoms with Crippen LogP contribution in [0.4, 0.5) is 0 Å². The Morgan fingerprint density at radius 3 is 3.07 bits per heavy atom. The van der Waals surface area contributed by atoms with E-state index in [-0.39, 0.29) is 0 Å². The van der Waals surface area contributed by atoms with E-state index in [1.54, 1.807) is 0 Å². The lowest BCUT2D eigenvalue weighted by Crippen LogP contribution is -2.29. The van der Waals surface area contributed by atoms with Crippen molar-refractivity contribution in [3.63, 3.8) is 0 Å². The zero-order valence-corrected chi connectivity index (χ0v) is 9.73. The van der Waals surface area contributed by atoms with Crippen LogP contribution in [0.1, 0.15) is 30.0 Å². The summed E-state index contributed by atoms with van der Waals surface area (Å²) in [7, 11) is 2.08. The van der Waals surface area contributed by atoms with Crippen LogP contribution in [0, 0.1) is 12.8 Å². The summed E-state index contributed by atoms with van der Waals surface area (Å²) in [5.74, 6) is 0.811. The van der Waals surface area contributed by atoms with Crippen LogP contribution < -0.4 is 5.32 Å². The molecule has 1 heterocycles. The van der Waals surface area contributed by atoms with Crippen LogP contribution in [0.25, 0.3) is 0 Å². The summed E-state index contributed by atoms with van der Waals surface area (Å²) < 4.78 is 0. The van der Waals surface area contributed by atoms with Gasteiger partial charge in [-0.2, -0.15) is 0 Å². The molecular formula is C11H18N2S. The molecule has 78 valence electrons. The highest BCUT2D eigenvalue weighted by atomic mass is 32.1. The van der Waals surface area contributed by atoms with Crippen molar-refractivity contribution in [1.82, 2.24) is 10.3 Å². The van der Waals surface area contributed by atoms with E-state index in [1.807, 2.05) is 11.3 Å². The standard InChI is InChI=1S/C11H18N2S/c1-8-7-14-11(13-8)6-9-4-3-5-10(9)12-2/h7,9-10,12H,3-6H2,1-2H3. The maximum atomic E-state index is 4.53. The van der Waals surface area contributed by atoms with E-state index in [0.29, 0.717) is 0 Å². The predicted molar refractivity (Wildman–Crippen MR) is 60.7 cm³/mol. The Bertz CT molecular complexity index is 295. The molecule has 1 fully saturated rings. The minimum absolute atomic E-state index is 0.721. The third-order valence-electron chi connectivity index (χ3n) is 3.13. The number of nitrogens with zero attached hydrogens (tertiary/aromatic N) is 1. The lowest BCUT2D eigenvalue weighted by Gasteiger charge is -2.17. The van der Waals surface area contributed by atoms with Crippen molar-refractivity contribution in [2.24, 2.45) is 5.92 Å². The number of hydrogen-bond donors (Lipinski definition) is 1. The Hall–Kier alpha value is -0.410. The van der Waals surface area contributed by atoms with E-state index < -0.39 is 0 Å². The Balaban J connectivity index is 1.96. The van der Waals surface area contributed by atoms with Crippen molar-refractivity contribution < 1.29 is 0 Å². The van der Waals surface area contributed by atoms with Crippen molar-refractivity contribution in [2.75, 3.05) is 7.05 Å². The average molecular weight is 210 g/mol. The van der Waals surface area contributed by atoms with Crippen LogP contribution in [-0.2, 0) is 6.42 Å². The summed E-state index contributed by atoms with van der Waals surface area (Å²) in [6.07, 6.45) is 5.25. The molecule has 0 amide bonds. The van der Waals surface area contributed by atoms with Gasteiger partial charge < -0.3 is 5.32 Å². The molecule has 1 aliphatic rings. The van der Waals surface area contributed by atoms with Gasteiger partial charge in [0, 0.05) is 23.5 Å². The highest BCUT2D eigenvalue weighted by Gasteiger charge is 2.26. The highest BCUT2D eigenvalue weighted by Crippen LogP contribution is 2.29. The topological polar surface area (TPSA) is 24.9 Å². The number of rotatable bonds is 3.